The molecule has 0 aliphatic rings. The smallest absolute Gasteiger partial charge is 1.00 e. The molecular weight excluding hydrogens is 100 g/mol. The van der Waals surface area contributed by atoms with Crippen LogP contribution in [0.25, 0.3) is 0 Å². The van der Waals surface area contributed by atoms with E-state index in [9.17, 15) is 0 Å². The second kappa shape index (κ2) is 23.3. The van der Waals surface area contributed by atoms with Crippen molar-refractivity contribution in [3.63, 3.8) is 0 Å². The SMILES string of the molecule is Cl.N=[N+]=N.[H-].[Na+]. The summed E-state index contributed by atoms with van der Waals surface area (Å²) in [4.78, 5) is 2.00. The van der Waals surface area contributed by atoms with Crippen molar-refractivity contribution in [2.75, 3.05) is 0 Å². The van der Waals surface area contributed by atoms with E-state index in [4.69, 9.17) is 11.1 Å². The van der Waals surface area contributed by atoms with Crippen LogP contribution < -0.4 is 34.5 Å². The molecule has 0 radical (unpaired) electrons. The molecule has 3 nitrogen and oxygen atoms in total. The van der Waals surface area contributed by atoms with Gasteiger partial charge >= 0.3 is 29.6 Å². The molecule has 0 atom stereocenters. The van der Waals surface area contributed by atoms with Crippen LogP contribution in [0.3, 0.4) is 0 Å². The third kappa shape index (κ3) is 86.4. The largest absolute Gasteiger partial charge is 1.00 e. The number of hydrogen-bond donors (Lipinski definition) is 2. The first-order chi connectivity index (χ1) is 1.41. The maximum Gasteiger partial charge on any atom is 1.00 e. The summed E-state index contributed by atoms with van der Waals surface area (Å²) in [5.41, 5.74) is 11.0. The minimum Gasteiger partial charge on any atom is -1.00 e. The molecule has 5 heavy (non-hydrogen) atoms. The maximum atomic E-state index is 5.50. The van der Waals surface area contributed by atoms with Gasteiger partial charge in [0.2, 0.25) is 4.91 Å². The number of nitrogens with one attached hydrogen (secondary N) is 2. The first-order valence-electron chi connectivity index (χ1n) is 0.447. The van der Waals surface area contributed by atoms with E-state index >= 15 is 0 Å². The number of hydrogen-bond acceptors (Lipinski definition) is 2. The summed E-state index contributed by atoms with van der Waals surface area (Å²) in [7, 11) is 0. The fraction of sp³-hybridized carbons (Fsp3) is 0. The van der Waals surface area contributed by atoms with Gasteiger partial charge < -0.3 is 1.43 Å². The fourth-order valence-corrected chi connectivity index (χ4v) is 0. The van der Waals surface area contributed by atoms with Gasteiger partial charge in [0.1, 0.15) is 11.1 Å². The molecule has 0 aliphatic heterocycles. The molecule has 0 spiro atoms. The summed E-state index contributed by atoms with van der Waals surface area (Å²) in [6.07, 6.45) is 0. The maximum absolute atomic E-state index is 5.50. The van der Waals surface area contributed by atoms with E-state index in [-0.39, 0.29) is 43.4 Å². The number of rotatable bonds is 0. The monoisotopic (exact) mass is 104 g/mol. The van der Waals surface area contributed by atoms with Crippen LogP contribution in [0, 0.1) is 11.1 Å². The van der Waals surface area contributed by atoms with Gasteiger partial charge in [-0.3, -0.25) is 0 Å². The van der Waals surface area contributed by atoms with Gasteiger partial charge in [-0.1, -0.05) is 0 Å². The summed E-state index contributed by atoms with van der Waals surface area (Å²) in [5, 5.41) is 0. The van der Waals surface area contributed by atoms with E-state index in [2.05, 4.69) is 0 Å². The Kier molecular flexibility index (Phi) is 81.6. The molecule has 0 aromatic rings. The molecule has 0 saturated heterocycles. The number of halogens is 1. The molecule has 0 fully saturated rings. The van der Waals surface area contributed by atoms with Crippen molar-refractivity contribution in [1.29, 1.82) is 11.1 Å². The summed E-state index contributed by atoms with van der Waals surface area (Å²) in [5.74, 6) is 0. The van der Waals surface area contributed by atoms with Gasteiger partial charge in [-0.15, -0.1) is 12.4 Å². The average Bonchev–Trinajstić information content (AvgIpc) is 0.918. The van der Waals surface area contributed by atoms with Crippen LogP contribution in [-0.4, -0.2) is 0 Å². The van der Waals surface area contributed by atoms with Crippen LogP contribution in [0.5, 0.6) is 0 Å². The summed E-state index contributed by atoms with van der Waals surface area (Å²) in [6.45, 7) is 0. The Morgan fingerprint density at radius 3 is 1.40 bits per heavy atom. The van der Waals surface area contributed by atoms with Gasteiger partial charge in [-0.05, 0) is 0 Å². The molecule has 2 N–H and O–H groups in total. The Morgan fingerprint density at radius 2 is 1.40 bits per heavy atom. The fourth-order valence-electron chi connectivity index (χ4n) is 0. The van der Waals surface area contributed by atoms with E-state index in [1.54, 1.807) is 0 Å². The normalized spacial score (nSPS) is 1.60. The van der Waals surface area contributed by atoms with Crippen molar-refractivity contribution in [2.45, 2.75) is 0 Å². The zero-order valence-corrected chi connectivity index (χ0v) is 5.67. The third-order valence-corrected chi connectivity index (χ3v) is 0. The van der Waals surface area contributed by atoms with Gasteiger partial charge in [-0.25, -0.2) is 0 Å². The summed E-state index contributed by atoms with van der Waals surface area (Å²) < 4.78 is 0. The van der Waals surface area contributed by atoms with Gasteiger partial charge in [0.25, 0.3) is 0 Å². The Morgan fingerprint density at radius 1 is 1.40 bits per heavy atom. The first-order valence-corrected chi connectivity index (χ1v) is 0.447. The predicted molar refractivity (Wildman–Crippen MR) is 15.9 cm³/mol. The van der Waals surface area contributed by atoms with Crippen LogP contribution in [0.1, 0.15) is 1.43 Å². The van der Waals surface area contributed by atoms with Crippen LogP contribution >= 0.6 is 12.4 Å². The molecule has 0 aromatic heterocycles. The van der Waals surface area contributed by atoms with Crippen LogP contribution in [0.15, 0.2) is 0 Å². The topological polar surface area (TPSA) is 61.8 Å². The van der Waals surface area contributed by atoms with Gasteiger partial charge in [0, 0.05) is 0 Å². The Balaban J connectivity index is -0.00000000667. The molecule has 0 saturated carbocycles. The average molecular weight is 104 g/mol. The van der Waals surface area contributed by atoms with E-state index in [0.29, 0.717) is 0 Å². The minimum absolute atomic E-state index is 0. The summed E-state index contributed by atoms with van der Waals surface area (Å²) >= 11 is 0. The molecule has 26 valence electrons. The first kappa shape index (κ1) is 17.5. The molecule has 5 heteroatoms. The van der Waals surface area contributed by atoms with Gasteiger partial charge in [-0.2, -0.15) is 0 Å². The second-order valence-electron chi connectivity index (χ2n) is 0.112. The molecule has 0 amide bonds. The van der Waals surface area contributed by atoms with Crippen molar-refractivity contribution in [3.8, 4) is 0 Å². The zero-order valence-electron chi connectivity index (χ0n) is 3.86. The van der Waals surface area contributed by atoms with E-state index in [1.165, 1.54) is 0 Å². The Labute approximate surface area is 59.3 Å². The van der Waals surface area contributed by atoms with Crippen molar-refractivity contribution < 1.29 is 31.0 Å². The van der Waals surface area contributed by atoms with Crippen molar-refractivity contribution in [2.24, 2.45) is 0 Å². The predicted octanol–water partition coefficient (Wildman–Crippen LogP) is -2.35. The number of nitrogens with zero attached hydrogens (tertiary/aromatic N) is 1. The molecule has 0 bridgehead atoms. The van der Waals surface area contributed by atoms with E-state index in [0.717, 1.165) is 0 Å². The van der Waals surface area contributed by atoms with Crippen molar-refractivity contribution in [1.82, 2.24) is 4.91 Å². The molecular formula is H4ClN3Na+. The second-order valence-corrected chi connectivity index (χ2v) is 0.112. The van der Waals surface area contributed by atoms with Crippen LogP contribution in [0.2, 0.25) is 0 Å². The Hall–Kier alpha value is 0.600. The van der Waals surface area contributed by atoms with Gasteiger partial charge in [0.05, 0.1) is 0 Å². The van der Waals surface area contributed by atoms with Gasteiger partial charge in [0.15, 0.2) is 0 Å². The standard InChI is InChI=1S/ClH.H2N3.Na.H/c;1-3-2;;/h1H;1-2H;;/q;2*+1;-1. The summed E-state index contributed by atoms with van der Waals surface area (Å²) in [6, 6.07) is 0. The molecule has 0 aromatic carbocycles. The Bertz CT molecular complexity index is 31.8. The zero-order chi connectivity index (χ0) is 2.71. The van der Waals surface area contributed by atoms with Crippen molar-refractivity contribution >= 4 is 12.4 Å². The minimum atomic E-state index is 0. The molecule has 0 heterocycles. The third-order valence-electron chi connectivity index (χ3n) is 0. The van der Waals surface area contributed by atoms with Crippen LogP contribution in [0.4, 0.5) is 0 Å². The van der Waals surface area contributed by atoms with E-state index < -0.39 is 0 Å². The molecule has 0 aliphatic carbocycles. The quantitative estimate of drug-likeness (QED) is 0.197. The molecule has 0 unspecified atom stereocenters. The van der Waals surface area contributed by atoms with Crippen molar-refractivity contribution in [3.05, 3.63) is 0 Å². The van der Waals surface area contributed by atoms with E-state index in [1.807, 2.05) is 4.91 Å². The van der Waals surface area contributed by atoms with Crippen LogP contribution in [-0.2, 0) is 0 Å². The molecule has 0 rings (SSSR count).